The zero-order valence-corrected chi connectivity index (χ0v) is 10.8. The van der Waals surface area contributed by atoms with Gasteiger partial charge in [-0.1, -0.05) is 0 Å². The second-order valence-corrected chi connectivity index (χ2v) is 6.45. The van der Waals surface area contributed by atoms with Gasteiger partial charge in [-0.3, -0.25) is 0 Å². The largest absolute Gasteiger partial charge is 0.477 e. The molecule has 92 valence electrons. The topological polar surface area (TPSA) is 37.3 Å². The Morgan fingerprint density at radius 1 is 1.22 bits per heavy atom. The van der Waals surface area contributed by atoms with Gasteiger partial charge in [0.2, 0.25) is 0 Å². The van der Waals surface area contributed by atoms with Crippen molar-refractivity contribution < 1.29 is 9.90 Å². The molecule has 0 atom stereocenters. The number of aryl methyl sites for hydroxylation is 2. The van der Waals surface area contributed by atoms with Gasteiger partial charge in [0.1, 0.15) is 4.88 Å². The second-order valence-electron chi connectivity index (χ2n) is 5.39. The molecule has 2 aromatic rings. The molecule has 2 nitrogen and oxygen atoms in total. The molecule has 0 spiro atoms. The Kier molecular flexibility index (Phi) is 2.10. The molecule has 1 saturated carbocycles. The van der Waals surface area contributed by atoms with Gasteiger partial charge in [0.25, 0.3) is 0 Å². The van der Waals surface area contributed by atoms with Crippen LogP contribution in [-0.2, 0) is 12.8 Å². The van der Waals surface area contributed by atoms with Gasteiger partial charge in [-0.05, 0) is 72.2 Å². The van der Waals surface area contributed by atoms with Crippen LogP contribution in [0, 0.1) is 0 Å². The Balaban J connectivity index is 2.02. The lowest BCUT2D eigenvalue weighted by Gasteiger charge is -2.02. The van der Waals surface area contributed by atoms with E-state index >= 15 is 0 Å². The van der Waals surface area contributed by atoms with Gasteiger partial charge in [0.05, 0.1) is 0 Å². The summed E-state index contributed by atoms with van der Waals surface area (Å²) in [5, 5.41) is 10.6. The van der Waals surface area contributed by atoms with E-state index in [1.165, 1.54) is 39.0 Å². The highest BCUT2D eigenvalue weighted by molar-refractivity contribution is 7.21. The third-order valence-corrected chi connectivity index (χ3v) is 5.28. The van der Waals surface area contributed by atoms with Crippen molar-refractivity contribution in [2.24, 2.45) is 0 Å². The molecule has 0 aliphatic heterocycles. The molecule has 0 unspecified atom stereocenters. The van der Waals surface area contributed by atoms with E-state index in [2.05, 4.69) is 12.1 Å². The van der Waals surface area contributed by atoms with Crippen LogP contribution < -0.4 is 0 Å². The summed E-state index contributed by atoms with van der Waals surface area (Å²) in [5.41, 5.74) is 4.00. The van der Waals surface area contributed by atoms with E-state index in [9.17, 15) is 9.90 Å². The van der Waals surface area contributed by atoms with Gasteiger partial charge in [-0.15, -0.1) is 11.3 Å². The zero-order chi connectivity index (χ0) is 12.3. The summed E-state index contributed by atoms with van der Waals surface area (Å²) in [4.78, 5) is 12.0. The summed E-state index contributed by atoms with van der Waals surface area (Å²) in [6, 6.07) is 4.51. The number of rotatable bonds is 2. The Morgan fingerprint density at radius 2 is 1.94 bits per heavy atom. The van der Waals surface area contributed by atoms with E-state index in [0.717, 1.165) is 31.2 Å². The summed E-state index contributed by atoms with van der Waals surface area (Å²) in [5.74, 6) is -0.248. The minimum Gasteiger partial charge on any atom is -0.477 e. The zero-order valence-electron chi connectivity index (χ0n) is 10.0. The highest BCUT2D eigenvalue weighted by Gasteiger charge is 2.32. The van der Waals surface area contributed by atoms with Gasteiger partial charge in [-0.2, -0.15) is 0 Å². The van der Waals surface area contributed by atoms with Crippen molar-refractivity contribution in [1.82, 2.24) is 0 Å². The molecule has 0 bridgehead atoms. The lowest BCUT2D eigenvalue weighted by molar-refractivity contribution is 0.0701. The Hall–Kier alpha value is -1.35. The molecule has 1 aromatic carbocycles. The number of hydrogen-bond acceptors (Lipinski definition) is 2. The number of aromatic carboxylic acids is 1. The molecular weight excluding hydrogens is 244 g/mol. The summed E-state index contributed by atoms with van der Waals surface area (Å²) < 4.78 is 1.18. The van der Waals surface area contributed by atoms with Gasteiger partial charge >= 0.3 is 5.97 Å². The van der Waals surface area contributed by atoms with E-state index in [4.69, 9.17) is 0 Å². The maximum absolute atomic E-state index is 11.4. The fourth-order valence-corrected chi connectivity index (χ4v) is 4.29. The van der Waals surface area contributed by atoms with Gasteiger partial charge in [0, 0.05) is 4.70 Å². The minimum absolute atomic E-state index is 0.504. The van der Waals surface area contributed by atoms with Gasteiger partial charge in [-0.25, -0.2) is 4.79 Å². The SMILES string of the molecule is O=C(O)c1sc2cc3c(cc2c1C1CC1)CCC3. The van der Waals surface area contributed by atoms with Crippen molar-refractivity contribution in [1.29, 1.82) is 0 Å². The van der Waals surface area contributed by atoms with Gasteiger partial charge in [0.15, 0.2) is 0 Å². The van der Waals surface area contributed by atoms with Crippen molar-refractivity contribution in [3.8, 4) is 0 Å². The fourth-order valence-electron chi connectivity index (χ4n) is 3.12. The molecule has 2 aliphatic carbocycles. The van der Waals surface area contributed by atoms with Crippen LogP contribution in [-0.4, -0.2) is 11.1 Å². The van der Waals surface area contributed by atoms with Crippen LogP contribution in [0.5, 0.6) is 0 Å². The fraction of sp³-hybridized carbons (Fsp3) is 0.400. The molecule has 0 saturated heterocycles. The van der Waals surface area contributed by atoms with Crippen LogP contribution in [0.3, 0.4) is 0 Å². The lowest BCUT2D eigenvalue weighted by Crippen LogP contribution is -1.96. The van der Waals surface area contributed by atoms with Crippen molar-refractivity contribution >= 4 is 27.4 Å². The first-order valence-corrected chi connectivity index (χ1v) is 7.37. The molecule has 2 aliphatic rings. The number of carbonyl (C=O) groups is 1. The summed E-state index contributed by atoms with van der Waals surface area (Å²) in [7, 11) is 0. The van der Waals surface area contributed by atoms with Crippen LogP contribution in [0.15, 0.2) is 12.1 Å². The molecule has 3 heteroatoms. The van der Waals surface area contributed by atoms with E-state index in [1.54, 1.807) is 0 Å². The van der Waals surface area contributed by atoms with Crippen LogP contribution in [0.25, 0.3) is 10.1 Å². The molecule has 18 heavy (non-hydrogen) atoms. The smallest absolute Gasteiger partial charge is 0.346 e. The Bertz CT molecular complexity index is 665. The molecule has 1 heterocycles. The first kappa shape index (κ1) is 10.6. The molecule has 1 fully saturated rings. The maximum atomic E-state index is 11.4. The second kappa shape index (κ2) is 3.58. The van der Waals surface area contributed by atoms with E-state index in [1.807, 2.05) is 0 Å². The van der Waals surface area contributed by atoms with E-state index < -0.39 is 5.97 Å². The predicted molar refractivity (Wildman–Crippen MR) is 72.8 cm³/mol. The maximum Gasteiger partial charge on any atom is 0.346 e. The number of fused-ring (bicyclic) bond motifs is 2. The molecule has 4 rings (SSSR count). The minimum atomic E-state index is -0.752. The third kappa shape index (κ3) is 1.43. The van der Waals surface area contributed by atoms with Crippen molar-refractivity contribution in [3.63, 3.8) is 0 Å². The van der Waals surface area contributed by atoms with Crippen molar-refractivity contribution in [2.75, 3.05) is 0 Å². The third-order valence-electron chi connectivity index (χ3n) is 4.12. The van der Waals surface area contributed by atoms with E-state index in [-0.39, 0.29) is 0 Å². The summed E-state index contributed by atoms with van der Waals surface area (Å²) in [6.45, 7) is 0. The first-order valence-electron chi connectivity index (χ1n) is 6.55. The number of hydrogen-bond donors (Lipinski definition) is 1. The summed E-state index contributed by atoms with van der Waals surface area (Å²) in [6.07, 6.45) is 5.88. The molecule has 0 radical (unpaired) electrons. The standard InChI is InChI=1S/C15H14O2S/c16-15(17)14-13(8-4-5-8)11-6-9-2-1-3-10(9)7-12(11)18-14/h6-8H,1-5H2,(H,16,17). The monoisotopic (exact) mass is 258 g/mol. The van der Waals surface area contributed by atoms with Crippen LogP contribution in [0.1, 0.15) is 51.5 Å². The average molecular weight is 258 g/mol. The lowest BCUT2D eigenvalue weighted by atomic mass is 10.0. The van der Waals surface area contributed by atoms with E-state index in [0.29, 0.717) is 10.8 Å². The Morgan fingerprint density at radius 3 is 2.61 bits per heavy atom. The predicted octanol–water partition coefficient (Wildman–Crippen LogP) is 3.97. The van der Waals surface area contributed by atoms with Crippen LogP contribution in [0.2, 0.25) is 0 Å². The Labute approximate surface area is 109 Å². The van der Waals surface area contributed by atoms with Crippen molar-refractivity contribution in [2.45, 2.75) is 38.0 Å². The highest BCUT2D eigenvalue weighted by Crippen LogP contribution is 2.48. The number of carboxylic acids is 1. The molecule has 0 amide bonds. The molecule has 1 aromatic heterocycles. The average Bonchev–Trinajstić information content (AvgIpc) is 2.96. The molecule has 1 N–H and O–H groups in total. The number of carboxylic acid groups (broad SMARTS) is 1. The normalized spacial score (nSPS) is 18.2. The summed E-state index contributed by atoms with van der Waals surface area (Å²) >= 11 is 1.47. The highest BCUT2D eigenvalue weighted by atomic mass is 32.1. The first-order chi connectivity index (χ1) is 8.74. The van der Waals surface area contributed by atoms with Crippen LogP contribution >= 0.6 is 11.3 Å². The quantitative estimate of drug-likeness (QED) is 0.885. The van der Waals surface area contributed by atoms with Crippen molar-refractivity contribution in [3.05, 3.63) is 33.7 Å². The number of benzene rings is 1. The van der Waals surface area contributed by atoms with Crippen LogP contribution in [0.4, 0.5) is 0 Å². The van der Waals surface area contributed by atoms with Gasteiger partial charge < -0.3 is 5.11 Å². The molecular formula is C15H14O2S. The number of thiophene rings is 1.